The first-order valence-corrected chi connectivity index (χ1v) is 2.24. The summed E-state index contributed by atoms with van der Waals surface area (Å²) in [5.74, 6) is 0. The Morgan fingerprint density at radius 2 is 1.88 bits per heavy atom. The molecule has 0 aliphatic heterocycles. The van der Waals surface area contributed by atoms with Crippen molar-refractivity contribution in [1.82, 2.24) is 0 Å². The quantitative estimate of drug-likeness (QED) is 0.558. The molecule has 4 heteroatoms. The molecule has 2 nitrogen and oxygen atoms in total. The molecule has 0 aromatic carbocycles. The molecule has 0 aliphatic rings. The summed E-state index contributed by atoms with van der Waals surface area (Å²) in [7, 11) is 0. The van der Waals surface area contributed by atoms with Crippen molar-refractivity contribution >= 4 is 0 Å². The number of hydrogen-bond acceptors (Lipinski definition) is 2. The van der Waals surface area contributed by atoms with Crippen molar-refractivity contribution in [2.75, 3.05) is 6.61 Å². The number of aliphatic hydroxyl groups is 2. The zero-order chi connectivity index (χ0) is 6.57. The highest BCUT2D eigenvalue weighted by atomic mass is 19.3. The fourth-order valence-corrected chi connectivity index (χ4v) is 0.280. The van der Waals surface area contributed by atoms with Gasteiger partial charge in [-0.05, 0) is 0 Å². The molecule has 0 aromatic rings. The second kappa shape index (κ2) is 3.74. The molecular formula is C4H8F2O2. The average Bonchev–Trinajstić information content (AvgIpc) is 1.65. The third-order valence-corrected chi connectivity index (χ3v) is 0.661. The molecule has 0 saturated carbocycles. The first-order valence-electron chi connectivity index (χ1n) is 2.24. The Kier molecular flexibility index (Phi) is 3.64. The van der Waals surface area contributed by atoms with Crippen molar-refractivity contribution < 1.29 is 19.0 Å². The monoisotopic (exact) mass is 126 g/mol. The molecule has 0 heterocycles. The minimum absolute atomic E-state index is 0.593. The molecule has 0 aromatic heterocycles. The van der Waals surface area contributed by atoms with Crippen molar-refractivity contribution in [3.63, 3.8) is 0 Å². The Morgan fingerprint density at radius 1 is 1.38 bits per heavy atom. The molecule has 1 unspecified atom stereocenters. The maximum Gasteiger partial charge on any atom is 0.241 e. The molecule has 2 N–H and O–H groups in total. The number of halogens is 2. The van der Waals surface area contributed by atoms with Crippen LogP contribution < -0.4 is 0 Å². The largest absolute Gasteiger partial charge is 0.394 e. The standard InChI is InChI=1S/C4H8F2O2/c5-4(6)1-3(8)2-7/h3-4,7-8H,1-2H2. The molecule has 0 radical (unpaired) electrons. The van der Waals surface area contributed by atoms with Crippen molar-refractivity contribution in [1.29, 1.82) is 0 Å². The fourth-order valence-electron chi connectivity index (χ4n) is 0.280. The molecule has 0 rings (SSSR count). The van der Waals surface area contributed by atoms with Crippen LogP contribution >= 0.6 is 0 Å². The lowest BCUT2D eigenvalue weighted by atomic mass is 10.3. The summed E-state index contributed by atoms with van der Waals surface area (Å²) in [5.41, 5.74) is 0. The number of hydrogen-bond donors (Lipinski definition) is 2. The van der Waals surface area contributed by atoms with Gasteiger partial charge in [0.2, 0.25) is 6.43 Å². The summed E-state index contributed by atoms with van der Waals surface area (Å²) in [6, 6.07) is 0. The van der Waals surface area contributed by atoms with Gasteiger partial charge in [-0.3, -0.25) is 0 Å². The minimum Gasteiger partial charge on any atom is -0.394 e. The van der Waals surface area contributed by atoms with Crippen LogP contribution in [-0.4, -0.2) is 29.3 Å². The van der Waals surface area contributed by atoms with E-state index < -0.39 is 25.6 Å². The van der Waals surface area contributed by atoms with Gasteiger partial charge >= 0.3 is 0 Å². The first-order chi connectivity index (χ1) is 3.66. The zero-order valence-electron chi connectivity index (χ0n) is 4.22. The molecular weight excluding hydrogens is 118 g/mol. The molecule has 0 spiro atoms. The molecule has 8 heavy (non-hydrogen) atoms. The maximum atomic E-state index is 11.2. The van der Waals surface area contributed by atoms with E-state index in [1.54, 1.807) is 0 Å². The Balaban J connectivity index is 3.10. The Hall–Kier alpha value is -0.220. The van der Waals surface area contributed by atoms with Gasteiger partial charge in [0.05, 0.1) is 12.7 Å². The number of alkyl halides is 2. The van der Waals surface area contributed by atoms with E-state index in [-0.39, 0.29) is 0 Å². The van der Waals surface area contributed by atoms with Gasteiger partial charge in [0.25, 0.3) is 0 Å². The van der Waals surface area contributed by atoms with Crippen molar-refractivity contribution in [3.05, 3.63) is 0 Å². The van der Waals surface area contributed by atoms with E-state index in [2.05, 4.69) is 0 Å². The third kappa shape index (κ3) is 3.95. The SMILES string of the molecule is OCC(O)CC(F)F. The third-order valence-electron chi connectivity index (χ3n) is 0.661. The molecule has 0 aliphatic carbocycles. The van der Waals surface area contributed by atoms with Crippen LogP contribution in [0.3, 0.4) is 0 Å². The highest BCUT2D eigenvalue weighted by molar-refractivity contribution is 4.52. The van der Waals surface area contributed by atoms with Crippen LogP contribution in [0.2, 0.25) is 0 Å². The van der Waals surface area contributed by atoms with E-state index in [0.717, 1.165) is 0 Å². The lowest BCUT2D eigenvalue weighted by Crippen LogP contribution is -2.15. The molecule has 0 fully saturated rings. The van der Waals surface area contributed by atoms with Crippen LogP contribution in [0.4, 0.5) is 8.78 Å². The predicted octanol–water partition coefficient (Wildman–Crippen LogP) is -0.00520. The summed E-state index contributed by atoms with van der Waals surface area (Å²) in [4.78, 5) is 0. The van der Waals surface area contributed by atoms with Gasteiger partial charge in [-0.2, -0.15) is 0 Å². The van der Waals surface area contributed by atoms with Gasteiger partial charge < -0.3 is 10.2 Å². The lowest BCUT2D eigenvalue weighted by Gasteiger charge is -2.03. The van der Waals surface area contributed by atoms with Crippen LogP contribution in [0.1, 0.15) is 6.42 Å². The Labute approximate surface area is 45.8 Å². The van der Waals surface area contributed by atoms with Gasteiger partial charge in [-0.15, -0.1) is 0 Å². The summed E-state index contributed by atoms with van der Waals surface area (Å²) < 4.78 is 22.4. The molecule has 0 amide bonds. The van der Waals surface area contributed by atoms with E-state index in [1.807, 2.05) is 0 Å². The van der Waals surface area contributed by atoms with Crippen LogP contribution in [0.25, 0.3) is 0 Å². The molecule has 0 bridgehead atoms. The molecule has 1 atom stereocenters. The highest BCUT2D eigenvalue weighted by Gasteiger charge is 2.09. The normalized spacial score (nSPS) is 14.6. The van der Waals surface area contributed by atoms with Crippen LogP contribution in [0, 0.1) is 0 Å². The first kappa shape index (κ1) is 7.78. The van der Waals surface area contributed by atoms with E-state index in [0.29, 0.717) is 0 Å². The zero-order valence-corrected chi connectivity index (χ0v) is 4.22. The van der Waals surface area contributed by atoms with Crippen LogP contribution in [0.5, 0.6) is 0 Å². The van der Waals surface area contributed by atoms with E-state index in [4.69, 9.17) is 10.2 Å². The lowest BCUT2D eigenvalue weighted by molar-refractivity contribution is 0.0285. The maximum absolute atomic E-state index is 11.2. The summed E-state index contributed by atoms with van der Waals surface area (Å²) in [6.07, 6.45) is -4.44. The second-order valence-corrected chi connectivity index (χ2v) is 1.46. The molecule has 50 valence electrons. The smallest absolute Gasteiger partial charge is 0.241 e. The van der Waals surface area contributed by atoms with Gasteiger partial charge in [0.1, 0.15) is 0 Å². The van der Waals surface area contributed by atoms with E-state index in [1.165, 1.54) is 0 Å². The van der Waals surface area contributed by atoms with Gasteiger partial charge in [-0.25, -0.2) is 8.78 Å². The predicted molar refractivity (Wildman–Crippen MR) is 23.7 cm³/mol. The van der Waals surface area contributed by atoms with Gasteiger partial charge in [-0.1, -0.05) is 0 Å². The van der Waals surface area contributed by atoms with E-state index in [9.17, 15) is 8.78 Å². The fraction of sp³-hybridized carbons (Fsp3) is 1.00. The van der Waals surface area contributed by atoms with E-state index >= 15 is 0 Å². The Bertz CT molecular complexity index is 58.0. The second-order valence-electron chi connectivity index (χ2n) is 1.46. The minimum atomic E-state index is -2.53. The van der Waals surface area contributed by atoms with Gasteiger partial charge in [0, 0.05) is 6.42 Å². The van der Waals surface area contributed by atoms with Crippen molar-refractivity contribution in [2.45, 2.75) is 19.0 Å². The van der Waals surface area contributed by atoms with Gasteiger partial charge in [0.15, 0.2) is 0 Å². The summed E-state index contributed by atoms with van der Waals surface area (Å²) in [5, 5.41) is 16.3. The topological polar surface area (TPSA) is 40.5 Å². The van der Waals surface area contributed by atoms with Crippen molar-refractivity contribution in [3.8, 4) is 0 Å². The van der Waals surface area contributed by atoms with Crippen LogP contribution in [-0.2, 0) is 0 Å². The highest BCUT2D eigenvalue weighted by Crippen LogP contribution is 2.01. The average molecular weight is 126 g/mol. The van der Waals surface area contributed by atoms with Crippen molar-refractivity contribution in [2.24, 2.45) is 0 Å². The molecule has 0 saturated heterocycles. The van der Waals surface area contributed by atoms with Crippen LogP contribution in [0.15, 0.2) is 0 Å². The summed E-state index contributed by atoms with van der Waals surface area (Å²) in [6.45, 7) is -0.593. The number of rotatable bonds is 3. The summed E-state index contributed by atoms with van der Waals surface area (Å²) >= 11 is 0. The Morgan fingerprint density at radius 3 is 2.00 bits per heavy atom. The number of aliphatic hydroxyl groups excluding tert-OH is 2.